The number of carbonyl (C=O) groups excluding carboxylic acids is 3. The second-order valence-electron chi connectivity index (χ2n) is 6.70. The van der Waals surface area contributed by atoms with Gasteiger partial charge in [-0.1, -0.05) is 59.6 Å². The average molecular weight is 433 g/mol. The second kappa shape index (κ2) is 29.3. The fourth-order valence-corrected chi connectivity index (χ4v) is 1.61. The molecular weight excluding hydrogens is 384 g/mol. The van der Waals surface area contributed by atoms with Crippen LogP contribution in [0.2, 0.25) is 0 Å². The van der Waals surface area contributed by atoms with E-state index in [4.69, 9.17) is 10.5 Å². The molecule has 0 heterocycles. The van der Waals surface area contributed by atoms with E-state index in [1.807, 2.05) is 6.92 Å². The van der Waals surface area contributed by atoms with E-state index < -0.39 is 6.10 Å². The van der Waals surface area contributed by atoms with Crippen molar-refractivity contribution in [3.63, 3.8) is 0 Å². The molecule has 3 N–H and O–H groups in total. The minimum Gasteiger partial charge on any atom is -0.469 e. The van der Waals surface area contributed by atoms with E-state index in [0.29, 0.717) is 18.8 Å². The molecule has 0 fully saturated rings. The summed E-state index contributed by atoms with van der Waals surface area (Å²) in [6, 6.07) is 0. The second-order valence-corrected chi connectivity index (χ2v) is 6.70. The Hall–Kier alpha value is -1.89. The molecule has 0 saturated heterocycles. The minimum absolute atomic E-state index is 0.127. The molecular formula is C23H48N2O5. The van der Waals surface area contributed by atoms with Crippen LogP contribution >= 0.6 is 0 Å². The van der Waals surface area contributed by atoms with Crippen LogP contribution in [0.25, 0.3) is 0 Å². The molecule has 7 heteroatoms. The zero-order valence-electron chi connectivity index (χ0n) is 20.9. The van der Waals surface area contributed by atoms with E-state index >= 15 is 0 Å². The summed E-state index contributed by atoms with van der Waals surface area (Å²) < 4.78 is 9.07. The van der Waals surface area contributed by atoms with Gasteiger partial charge in [-0.05, 0) is 31.6 Å². The van der Waals surface area contributed by atoms with Gasteiger partial charge < -0.3 is 20.5 Å². The Kier molecular flexibility index (Phi) is 34.7. The Balaban J connectivity index is -0.000000186. The molecule has 180 valence electrons. The van der Waals surface area contributed by atoms with Crippen LogP contribution in [0.1, 0.15) is 86.5 Å². The summed E-state index contributed by atoms with van der Waals surface area (Å²) in [5, 5.41) is 2.53. The van der Waals surface area contributed by atoms with Gasteiger partial charge in [-0.3, -0.25) is 14.4 Å². The lowest BCUT2D eigenvalue weighted by Crippen LogP contribution is -2.29. The Morgan fingerprint density at radius 2 is 1.60 bits per heavy atom. The summed E-state index contributed by atoms with van der Waals surface area (Å²) in [6.45, 7) is 12.0. The molecule has 0 rings (SSSR count). The molecule has 0 aliphatic carbocycles. The number of hydrogen-bond acceptors (Lipinski definition) is 5. The van der Waals surface area contributed by atoms with Crippen LogP contribution in [-0.2, 0) is 23.9 Å². The summed E-state index contributed by atoms with van der Waals surface area (Å²) in [5.41, 5.74) is 5.15. The molecule has 0 aromatic rings. The zero-order valence-corrected chi connectivity index (χ0v) is 20.9. The number of hydrogen-bond donors (Lipinski definition) is 2. The van der Waals surface area contributed by atoms with Crippen LogP contribution in [0.5, 0.6) is 0 Å². The summed E-state index contributed by atoms with van der Waals surface area (Å²) >= 11 is 0. The molecule has 2 atom stereocenters. The summed E-state index contributed by atoms with van der Waals surface area (Å²) in [6.07, 6.45) is 10.6. The van der Waals surface area contributed by atoms with Crippen LogP contribution in [0, 0.1) is 5.92 Å². The molecule has 0 aromatic carbocycles. The van der Waals surface area contributed by atoms with E-state index in [-0.39, 0.29) is 17.8 Å². The predicted octanol–water partition coefficient (Wildman–Crippen LogP) is 4.39. The number of carbonyl (C=O) groups is 3. The standard InChI is InChI=1S/C12H23NO2.C5H11NO.C3H6O2.C3H8/c1-4-10(2)8-6-5-7-9-11(15-3)12(13)14;1-3-4-5(7)6-2;1-3(4)5-2;1-3-2/h6,8,10-11H,4-5,7,9H2,1-3H3,(H2,13,14);3-4H2,1-2H3,(H,6,7);1-2H3;3H2,1-2H3/b8-6+;;;. The Morgan fingerprint density at radius 3 is 1.87 bits per heavy atom. The van der Waals surface area contributed by atoms with Gasteiger partial charge in [-0.25, -0.2) is 0 Å². The minimum atomic E-state index is -0.429. The third-order valence-corrected chi connectivity index (χ3v) is 3.59. The van der Waals surface area contributed by atoms with Crippen molar-refractivity contribution >= 4 is 17.8 Å². The molecule has 0 radical (unpaired) electrons. The van der Waals surface area contributed by atoms with Crippen molar-refractivity contribution < 1.29 is 23.9 Å². The highest BCUT2D eigenvalue weighted by Gasteiger charge is 2.12. The van der Waals surface area contributed by atoms with Crippen LogP contribution < -0.4 is 11.1 Å². The Bertz CT molecular complexity index is 426. The number of esters is 1. The molecule has 0 spiro atoms. The summed E-state index contributed by atoms with van der Waals surface area (Å²) in [4.78, 5) is 30.7. The number of primary amides is 1. The number of unbranched alkanes of at least 4 members (excludes halogenated alkanes) is 1. The Labute approximate surface area is 185 Å². The van der Waals surface area contributed by atoms with Gasteiger partial charge >= 0.3 is 5.97 Å². The molecule has 2 amide bonds. The maximum absolute atomic E-state index is 10.8. The lowest BCUT2D eigenvalue weighted by molar-refractivity contribution is -0.138. The van der Waals surface area contributed by atoms with Gasteiger partial charge in [0.05, 0.1) is 7.11 Å². The van der Waals surface area contributed by atoms with Crippen molar-refractivity contribution in [1.82, 2.24) is 5.32 Å². The molecule has 0 saturated carbocycles. The highest BCUT2D eigenvalue weighted by atomic mass is 16.5. The number of amides is 2. The monoisotopic (exact) mass is 432 g/mol. The largest absolute Gasteiger partial charge is 0.469 e. The van der Waals surface area contributed by atoms with E-state index in [9.17, 15) is 14.4 Å². The highest BCUT2D eigenvalue weighted by molar-refractivity contribution is 5.78. The first kappa shape index (κ1) is 35.5. The van der Waals surface area contributed by atoms with Crippen LogP contribution in [-0.4, -0.2) is 45.2 Å². The molecule has 30 heavy (non-hydrogen) atoms. The van der Waals surface area contributed by atoms with Gasteiger partial charge in [0.15, 0.2) is 0 Å². The van der Waals surface area contributed by atoms with E-state index in [0.717, 1.165) is 19.3 Å². The van der Waals surface area contributed by atoms with Crippen molar-refractivity contribution in [2.45, 2.75) is 92.6 Å². The molecule has 7 nitrogen and oxygen atoms in total. The Morgan fingerprint density at radius 1 is 1.10 bits per heavy atom. The maximum Gasteiger partial charge on any atom is 0.302 e. The molecule has 0 bridgehead atoms. The SMILES string of the molecule is CCC.CCC(C)/C=C/CCCC(OC)C(N)=O.CCCC(=O)NC.COC(C)=O. The zero-order chi connectivity index (χ0) is 24.4. The summed E-state index contributed by atoms with van der Waals surface area (Å²) in [5.74, 6) is 0.148. The van der Waals surface area contributed by atoms with Crippen molar-refractivity contribution in [1.29, 1.82) is 0 Å². The molecule has 0 aliphatic rings. The van der Waals surface area contributed by atoms with Gasteiger partial charge in [0.1, 0.15) is 6.10 Å². The first-order valence-corrected chi connectivity index (χ1v) is 10.8. The van der Waals surface area contributed by atoms with Crippen LogP contribution in [0.15, 0.2) is 12.2 Å². The number of nitrogens with two attached hydrogens (primary N) is 1. The lowest BCUT2D eigenvalue weighted by Gasteiger charge is -2.09. The maximum atomic E-state index is 10.8. The third kappa shape index (κ3) is 36.9. The van der Waals surface area contributed by atoms with Gasteiger partial charge in [0, 0.05) is 27.5 Å². The first-order valence-electron chi connectivity index (χ1n) is 10.8. The number of methoxy groups -OCH3 is 2. The smallest absolute Gasteiger partial charge is 0.302 e. The van der Waals surface area contributed by atoms with Crippen molar-refractivity contribution in [2.24, 2.45) is 11.7 Å². The van der Waals surface area contributed by atoms with Gasteiger partial charge in [-0.2, -0.15) is 0 Å². The van der Waals surface area contributed by atoms with E-state index in [1.54, 1.807) is 7.05 Å². The number of allylic oxidation sites excluding steroid dienone is 2. The topological polar surface area (TPSA) is 108 Å². The van der Waals surface area contributed by atoms with Crippen LogP contribution in [0.3, 0.4) is 0 Å². The van der Waals surface area contributed by atoms with Crippen LogP contribution in [0.4, 0.5) is 0 Å². The van der Waals surface area contributed by atoms with Crippen molar-refractivity contribution in [3.05, 3.63) is 12.2 Å². The van der Waals surface area contributed by atoms with Gasteiger partial charge in [0.25, 0.3) is 0 Å². The summed E-state index contributed by atoms with van der Waals surface area (Å²) in [7, 11) is 4.52. The van der Waals surface area contributed by atoms with E-state index in [1.165, 1.54) is 34.0 Å². The highest BCUT2D eigenvalue weighted by Crippen LogP contribution is 2.07. The predicted molar refractivity (Wildman–Crippen MR) is 125 cm³/mol. The quantitative estimate of drug-likeness (QED) is 0.302. The fourth-order valence-electron chi connectivity index (χ4n) is 1.61. The number of nitrogens with one attached hydrogen (secondary N) is 1. The molecule has 0 aromatic heterocycles. The first-order chi connectivity index (χ1) is 14.1. The fraction of sp³-hybridized carbons (Fsp3) is 0.783. The van der Waals surface area contributed by atoms with Gasteiger partial charge in [0.2, 0.25) is 11.8 Å². The number of rotatable bonds is 10. The normalized spacial score (nSPS) is 11.4. The van der Waals surface area contributed by atoms with Crippen molar-refractivity contribution in [2.75, 3.05) is 21.3 Å². The molecule has 0 aliphatic heterocycles. The van der Waals surface area contributed by atoms with Crippen molar-refractivity contribution in [3.8, 4) is 0 Å². The third-order valence-electron chi connectivity index (χ3n) is 3.59. The lowest BCUT2D eigenvalue weighted by atomic mass is 10.1. The van der Waals surface area contributed by atoms with Gasteiger partial charge in [-0.15, -0.1) is 0 Å². The number of ether oxygens (including phenoxy) is 2. The van der Waals surface area contributed by atoms with E-state index in [2.05, 4.69) is 49.9 Å². The molecule has 2 unspecified atom stereocenters. The average Bonchev–Trinajstić information content (AvgIpc) is 2.71.